The van der Waals surface area contributed by atoms with Gasteiger partial charge in [0, 0.05) is 20.3 Å². The van der Waals surface area contributed by atoms with E-state index < -0.39 is 6.43 Å². The summed E-state index contributed by atoms with van der Waals surface area (Å²) in [6.07, 6.45) is -2.26. The number of nitrogens with one attached hydrogen (secondary N) is 1. The predicted octanol–water partition coefficient (Wildman–Crippen LogP) is 1.12. The molecule has 68 valence electrons. The highest BCUT2D eigenvalue weighted by atomic mass is 19.3. The molecule has 0 saturated heterocycles. The van der Waals surface area contributed by atoms with Crippen LogP contribution < -0.4 is 5.32 Å². The average molecular weight is 167 g/mol. The van der Waals surface area contributed by atoms with Gasteiger partial charge in [-0.3, -0.25) is 0 Å². The fraction of sp³-hybridized carbons (Fsp3) is 1.00. The summed E-state index contributed by atoms with van der Waals surface area (Å²) in [6, 6.07) is 0. The maximum absolute atomic E-state index is 11.6. The fourth-order valence-electron chi connectivity index (χ4n) is 0.782. The maximum Gasteiger partial charge on any atom is 0.250 e. The van der Waals surface area contributed by atoms with Crippen LogP contribution in [0.25, 0.3) is 0 Å². The molecule has 0 aliphatic rings. The van der Waals surface area contributed by atoms with Crippen molar-refractivity contribution in [3.05, 3.63) is 0 Å². The van der Waals surface area contributed by atoms with Gasteiger partial charge in [0.25, 0.3) is 6.43 Å². The van der Waals surface area contributed by atoms with Crippen molar-refractivity contribution in [3.8, 4) is 0 Å². The highest BCUT2D eigenvalue weighted by molar-refractivity contribution is 4.55. The molecule has 1 N–H and O–H groups in total. The second kappa shape index (κ2) is 6.49. The van der Waals surface area contributed by atoms with Crippen molar-refractivity contribution in [1.29, 1.82) is 0 Å². The largest absolute Gasteiger partial charge is 0.384 e. The molecule has 11 heavy (non-hydrogen) atoms. The molecule has 2 nitrogen and oxygen atoms in total. The molecular weight excluding hydrogens is 152 g/mol. The minimum atomic E-state index is -2.26. The van der Waals surface area contributed by atoms with E-state index in [0.29, 0.717) is 19.1 Å². The SMILES string of the molecule is COCC(C)CNCC(F)F. The molecule has 1 unspecified atom stereocenters. The molecule has 0 aliphatic heterocycles. The Morgan fingerprint density at radius 2 is 2.00 bits per heavy atom. The van der Waals surface area contributed by atoms with Crippen molar-refractivity contribution < 1.29 is 13.5 Å². The van der Waals surface area contributed by atoms with Crippen LogP contribution in [0.2, 0.25) is 0 Å². The van der Waals surface area contributed by atoms with Gasteiger partial charge in [-0.2, -0.15) is 0 Å². The first-order chi connectivity index (χ1) is 5.16. The number of alkyl halides is 2. The van der Waals surface area contributed by atoms with Crippen LogP contribution >= 0.6 is 0 Å². The van der Waals surface area contributed by atoms with E-state index >= 15 is 0 Å². The maximum atomic E-state index is 11.6. The first kappa shape index (κ1) is 10.8. The van der Waals surface area contributed by atoms with Crippen molar-refractivity contribution in [2.24, 2.45) is 5.92 Å². The van der Waals surface area contributed by atoms with E-state index in [1.54, 1.807) is 7.11 Å². The zero-order chi connectivity index (χ0) is 8.69. The molecule has 0 aromatic carbocycles. The van der Waals surface area contributed by atoms with Crippen molar-refractivity contribution >= 4 is 0 Å². The summed E-state index contributed by atoms with van der Waals surface area (Å²) < 4.78 is 28.0. The van der Waals surface area contributed by atoms with Gasteiger partial charge in [-0.05, 0) is 5.92 Å². The van der Waals surface area contributed by atoms with E-state index in [2.05, 4.69) is 5.32 Å². The summed E-state index contributed by atoms with van der Waals surface area (Å²) in [5.74, 6) is 0.291. The Morgan fingerprint density at radius 1 is 1.36 bits per heavy atom. The van der Waals surface area contributed by atoms with Gasteiger partial charge >= 0.3 is 0 Å². The molecule has 0 saturated carbocycles. The van der Waals surface area contributed by atoms with Crippen LogP contribution in [0.4, 0.5) is 8.78 Å². The average Bonchev–Trinajstić information content (AvgIpc) is 1.87. The number of methoxy groups -OCH3 is 1. The van der Waals surface area contributed by atoms with Crippen LogP contribution in [0.5, 0.6) is 0 Å². The monoisotopic (exact) mass is 167 g/mol. The van der Waals surface area contributed by atoms with Gasteiger partial charge in [-0.15, -0.1) is 0 Å². The van der Waals surface area contributed by atoms with Crippen LogP contribution in [0, 0.1) is 5.92 Å². The summed E-state index contributed by atoms with van der Waals surface area (Å²) in [4.78, 5) is 0. The van der Waals surface area contributed by atoms with Crippen molar-refractivity contribution in [3.63, 3.8) is 0 Å². The van der Waals surface area contributed by atoms with Gasteiger partial charge in [-0.1, -0.05) is 6.92 Å². The normalized spacial score (nSPS) is 13.9. The van der Waals surface area contributed by atoms with Crippen molar-refractivity contribution in [1.82, 2.24) is 5.32 Å². The van der Waals surface area contributed by atoms with Crippen LogP contribution in [-0.2, 0) is 4.74 Å². The molecule has 0 aliphatic carbocycles. The topological polar surface area (TPSA) is 21.3 Å². The van der Waals surface area contributed by atoms with E-state index in [1.807, 2.05) is 6.92 Å². The predicted molar refractivity (Wildman–Crippen MR) is 39.9 cm³/mol. The molecule has 1 atom stereocenters. The molecule has 4 heteroatoms. The van der Waals surface area contributed by atoms with Crippen LogP contribution in [0.15, 0.2) is 0 Å². The van der Waals surface area contributed by atoms with Crippen molar-refractivity contribution in [2.45, 2.75) is 13.3 Å². The third kappa shape index (κ3) is 7.68. The Bertz CT molecular complexity index is 90.5. The number of hydrogen-bond acceptors (Lipinski definition) is 2. The van der Waals surface area contributed by atoms with Gasteiger partial charge in [0.2, 0.25) is 0 Å². The molecule has 0 bridgehead atoms. The summed E-state index contributed by atoms with van der Waals surface area (Å²) in [6.45, 7) is 2.91. The van der Waals surface area contributed by atoms with E-state index in [1.165, 1.54) is 0 Å². The molecule has 0 fully saturated rings. The van der Waals surface area contributed by atoms with Crippen molar-refractivity contribution in [2.75, 3.05) is 26.8 Å². The van der Waals surface area contributed by atoms with E-state index in [0.717, 1.165) is 0 Å². The number of hydrogen-bond donors (Lipinski definition) is 1. The third-order valence-electron chi connectivity index (χ3n) is 1.24. The Balaban J connectivity index is 3.10. The lowest BCUT2D eigenvalue weighted by molar-refractivity contribution is 0.133. The van der Waals surface area contributed by atoms with E-state index in [-0.39, 0.29) is 6.54 Å². The smallest absolute Gasteiger partial charge is 0.250 e. The van der Waals surface area contributed by atoms with Gasteiger partial charge in [-0.25, -0.2) is 8.78 Å². The standard InChI is InChI=1S/C7H15F2NO/c1-6(5-11-2)3-10-4-7(8)9/h6-7,10H,3-5H2,1-2H3. The molecular formula is C7H15F2NO. The first-order valence-corrected chi connectivity index (χ1v) is 3.64. The quantitative estimate of drug-likeness (QED) is 0.640. The minimum absolute atomic E-state index is 0.228. The molecule has 0 spiro atoms. The molecule has 0 rings (SSSR count). The lowest BCUT2D eigenvalue weighted by atomic mass is 10.2. The van der Waals surface area contributed by atoms with Gasteiger partial charge in [0.15, 0.2) is 0 Å². The fourth-order valence-corrected chi connectivity index (χ4v) is 0.782. The minimum Gasteiger partial charge on any atom is -0.384 e. The molecule has 0 radical (unpaired) electrons. The number of halogens is 2. The third-order valence-corrected chi connectivity index (χ3v) is 1.24. The molecule has 0 aromatic heterocycles. The lowest BCUT2D eigenvalue weighted by Crippen LogP contribution is -2.28. The lowest BCUT2D eigenvalue weighted by Gasteiger charge is -2.10. The first-order valence-electron chi connectivity index (χ1n) is 3.64. The summed E-state index contributed by atoms with van der Waals surface area (Å²) >= 11 is 0. The second-order valence-corrected chi connectivity index (χ2v) is 2.61. The Kier molecular flexibility index (Phi) is 6.36. The van der Waals surface area contributed by atoms with E-state index in [4.69, 9.17) is 4.74 Å². The Labute approximate surface area is 65.9 Å². The van der Waals surface area contributed by atoms with Crippen LogP contribution in [-0.4, -0.2) is 33.2 Å². The zero-order valence-corrected chi connectivity index (χ0v) is 6.94. The summed E-state index contributed by atoms with van der Waals surface area (Å²) in [5, 5.41) is 2.64. The Morgan fingerprint density at radius 3 is 2.45 bits per heavy atom. The second-order valence-electron chi connectivity index (χ2n) is 2.61. The zero-order valence-electron chi connectivity index (χ0n) is 6.94. The van der Waals surface area contributed by atoms with E-state index in [9.17, 15) is 8.78 Å². The summed E-state index contributed by atoms with van der Waals surface area (Å²) in [7, 11) is 1.60. The molecule has 0 heterocycles. The summed E-state index contributed by atoms with van der Waals surface area (Å²) in [5.41, 5.74) is 0. The molecule has 0 aromatic rings. The molecule has 0 amide bonds. The highest BCUT2D eigenvalue weighted by Gasteiger charge is 2.03. The van der Waals surface area contributed by atoms with Gasteiger partial charge in [0.1, 0.15) is 0 Å². The van der Waals surface area contributed by atoms with Gasteiger partial charge in [0.05, 0.1) is 6.54 Å². The number of rotatable bonds is 6. The Hall–Kier alpha value is -0.220. The number of ether oxygens (including phenoxy) is 1. The van der Waals surface area contributed by atoms with Crippen LogP contribution in [0.3, 0.4) is 0 Å². The highest BCUT2D eigenvalue weighted by Crippen LogP contribution is 1.93. The van der Waals surface area contributed by atoms with Gasteiger partial charge < -0.3 is 10.1 Å². The van der Waals surface area contributed by atoms with Crippen LogP contribution in [0.1, 0.15) is 6.92 Å².